The van der Waals surface area contributed by atoms with Crippen molar-refractivity contribution in [2.75, 3.05) is 18.0 Å². The molecule has 0 aliphatic carbocycles. The predicted octanol–water partition coefficient (Wildman–Crippen LogP) is 5.40. The van der Waals surface area contributed by atoms with E-state index < -0.39 is 6.10 Å². The van der Waals surface area contributed by atoms with Gasteiger partial charge in [0, 0.05) is 17.6 Å². The summed E-state index contributed by atoms with van der Waals surface area (Å²) in [7, 11) is 0. The van der Waals surface area contributed by atoms with Crippen molar-refractivity contribution in [2.24, 2.45) is 11.8 Å². The number of nitrogens with zero attached hydrogens (tertiary/aromatic N) is 1. The molecule has 1 atom stereocenters. The Bertz CT molecular complexity index is 417. The molecule has 0 radical (unpaired) electrons. The summed E-state index contributed by atoms with van der Waals surface area (Å²) in [5, 5.41) is 9.70. The Balaban J connectivity index is 2.90. The molecule has 3 heteroatoms. The van der Waals surface area contributed by atoms with E-state index in [1.807, 2.05) is 12.1 Å². The van der Waals surface area contributed by atoms with Crippen LogP contribution in [0.1, 0.15) is 59.1 Å². The van der Waals surface area contributed by atoms with Gasteiger partial charge in [-0.15, -0.1) is 0 Å². The van der Waals surface area contributed by atoms with Crippen molar-refractivity contribution in [3.8, 4) is 0 Å². The van der Waals surface area contributed by atoms with Gasteiger partial charge in [0.1, 0.15) is 0 Å². The minimum atomic E-state index is -0.421. The van der Waals surface area contributed by atoms with E-state index in [4.69, 9.17) is 0 Å². The predicted molar refractivity (Wildman–Crippen MR) is 95.9 cm³/mol. The highest BCUT2D eigenvalue weighted by Crippen LogP contribution is 2.30. The smallest absolute Gasteiger partial charge is 0.0762 e. The Kier molecular flexibility index (Phi) is 7.75. The van der Waals surface area contributed by atoms with E-state index >= 15 is 0 Å². The fraction of sp³-hybridized carbons (Fsp3) is 0.667. The zero-order chi connectivity index (χ0) is 16.0. The van der Waals surface area contributed by atoms with Gasteiger partial charge in [0.15, 0.2) is 0 Å². The summed E-state index contributed by atoms with van der Waals surface area (Å²) < 4.78 is 1.08. The molecule has 0 amide bonds. The van der Waals surface area contributed by atoms with Gasteiger partial charge in [-0.05, 0) is 65.2 Å². The molecule has 0 aromatic heterocycles. The highest BCUT2D eigenvalue weighted by Gasteiger charge is 2.13. The summed E-state index contributed by atoms with van der Waals surface area (Å²) >= 11 is 3.68. The third-order valence-corrected chi connectivity index (χ3v) is 4.38. The van der Waals surface area contributed by atoms with Crippen LogP contribution in [-0.4, -0.2) is 18.2 Å². The molecular formula is C18H30BrNO. The van der Waals surface area contributed by atoms with E-state index in [0.717, 1.165) is 23.1 Å². The van der Waals surface area contributed by atoms with Gasteiger partial charge in [0.2, 0.25) is 0 Å². The maximum Gasteiger partial charge on any atom is 0.0762 e. The van der Waals surface area contributed by atoms with Crippen molar-refractivity contribution in [2.45, 2.75) is 53.6 Å². The Labute approximate surface area is 138 Å². The summed E-state index contributed by atoms with van der Waals surface area (Å²) in [6.45, 7) is 13.0. The molecule has 0 fully saturated rings. The second-order valence-electron chi connectivity index (χ2n) is 6.74. The average molecular weight is 356 g/mol. The number of rotatable bonds is 8. The zero-order valence-electron chi connectivity index (χ0n) is 14.1. The van der Waals surface area contributed by atoms with Crippen LogP contribution in [0.15, 0.2) is 22.7 Å². The van der Waals surface area contributed by atoms with Crippen molar-refractivity contribution in [3.63, 3.8) is 0 Å². The first-order valence-electron chi connectivity index (χ1n) is 8.03. The molecule has 0 saturated heterocycles. The van der Waals surface area contributed by atoms with E-state index in [0.29, 0.717) is 11.8 Å². The van der Waals surface area contributed by atoms with Crippen LogP contribution in [0.2, 0.25) is 0 Å². The summed E-state index contributed by atoms with van der Waals surface area (Å²) in [5.74, 6) is 1.42. The third-order valence-electron chi connectivity index (χ3n) is 3.75. The average Bonchev–Trinajstić information content (AvgIpc) is 2.38. The zero-order valence-corrected chi connectivity index (χ0v) is 15.7. The third kappa shape index (κ3) is 6.39. The van der Waals surface area contributed by atoms with Crippen LogP contribution in [0.5, 0.6) is 0 Å². The van der Waals surface area contributed by atoms with Crippen LogP contribution in [-0.2, 0) is 0 Å². The Morgan fingerprint density at radius 3 is 1.90 bits per heavy atom. The molecule has 1 N–H and O–H groups in total. The maximum atomic E-state index is 9.70. The van der Waals surface area contributed by atoms with Gasteiger partial charge in [-0.3, -0.25) is 0 Å². The Hall–Kier alpha value is -0.540. The monoisotopic (exact) mass is 355 g/mol. The first-order valence-corrected chi connectivity index (χ1v) is 8.83. The normalized spacial score (nSPS) is 13.0. The van der Waals surface area contributed by atoms with Crippen molar-refractivity contribution in [3.05, 3.63) is 28.2 Å². The molecule has 120 valence electrons. The molecule has 0 spiro atoms. The van der Waals surface area contributed by atoms with Crippen LogP contribution < -0.4 is 4.90 Å². The molecule has 0 bridgehead atoms. The molecular weight excluding hydrogens is 326 g/mol. The fourth-order valence-corrected chi connectivity index (χ4v) is 2.87. The lowest BCUT2D eigenvalue weighted by Gasteiger charge is -2.28. The number of aliphatic hydroxyl groups is 1. The lowest BCUT2D eigenvalue weighted by Crippen LogP contribution is -2.28. The topological polar surface area (TPSA) is 23.5 Å². The first-order chi connectivity index (χ1) is 9.81. The number of hydrogen-bond acceptors (Lipinski definition) is 2. The quantitative estimate of drug-likeness (QED) is 0.674. The molecule has 0 aliphatic heterocycles. The molecule has 1 rings (SSSR count). The van der Waals surface area contributed by atoms with Gasteiger partial charge in [0.25, 0.3) is 0 Å². The van der Waals surface area contributed by atoms with Gasteiger partial charge in [-0.1, -0.05) is 33.8 Å². The van der Waals surface area contributed by atoms with Crippen molar-refractivity contribution in [1.29, 1.82) is 0 Å². The molecule has 0 aliphatic rings. The molecule has 0 unspecified atom stereocenters. The largest absolute Gasteiger partial charge is 0.389 e. The van der Waals surface area contributed by atoms with Gasteiger partial charge < -0.3 is 10.0 Å². The van der Waals surface area contributed by atoms with Crippen LogP contribution in [0.4, 0.5) is 5.69 Å². The number of benzene rings is 1. The highest BCUT2D eigenvalue weighted by atomic mass is 79.9. The Morgan fingerprint density at radius 2 is 1.52 bits per heavy atom. The number of anilines is 1. The van der Waals surface area contributed by atoms with Crippen LogP contribution in [0.25, 0.3) is 0 Å². The maximum absolute atomic E-state index is 9.70. The van der Waals surface area contributed by atoms with Crippen molar-refractivity contribution >= 4 is 21.6 Å². The summed E-state index contributed by atoms with van der Waals surface area (Å²) in [6.07, 6.45) is 1.97. The lowest BCUT2D eigenvalue weighted by atomic mass is 10.1. The van der Waals surface area contributed by atoms with Crippen LogP contribution in [0.3, 0.4) is 0 Å². The lowest BCUT2D eigenvalue weighted by molar-refractivity contribution is 0.199. The number of hydrogen-bond donors (Lipinski definition) is 1. The fourth-order valence-electron chi connectivity index (χ4n) is 2.22. The Morgan fingerprint density at radius 1 is 1.00 bits per heavy atom. The van der Waals surface area contributed by atoms with E-state index in [-0.39, 0.29) is 0 Å². The molecule has 0 heterocycles. The van der Waals surface area contributed by atoms with Gasteiger partial charge in [0.05, 0.1) is 11.8 Å². The van der Waals surface area contributed by atoms with Crippen LogP contribution in [0, 0.1) is 11.8 Å². The number of aliphatic hydroxyl groups excluding tert-OH is 1. The SMILES string of the molecule is CC(C)CCN(CCC(C)C)c1ccc([C@@H](C)O)cc1Br. The van der Waals surface area contributed by atoms with E-state index in [1.54, 1.807) is 6.92 Å². The molecule has 0 saturated carbocycles. The molecule has 1 aromatic rings. The van der Waals surface area contributed by atoms with Crippen molar-refractivity contribution < 1.29 is 5.11 Å². The van der Waals surface area contributed by atoms with Crippen LogP contribution >= 0.6 is 15.9 Å². The minimum Gasteiger partial charge on any atom is -0.389 e. The minimum absolute atomic E-state index is 0.421. The summed E-state index contributed by atoms with van der Waals surface area (Å²) in [4.78, 5) is 2.47. The highest BCUT2D eigenvalue weighted by molar-refractivity contribution is 9.10. The first kappa shape index (κ1) is 18.5. The molecule has 21 heavy (non-hydrogen) atoms. The number of halogens is 1. The molecule has 2 nitrogen and oxygen atoms in total. The summed E-state index contributed by atoms with van der Waals surface area (Å²) in [5.41, 5.74) is 2.19. The van der Waals surface area contributed by atoms with Gasteiger partial charge >= 0.3 is 0 Å². The van der Waals surface area contributed by atoms with E-state index in [2.05, 4.69) is 54.6 Å². The second kappa shape index (κ2) is 8.79. The van der Waals surface area contributed by atoms with E-state index in [1.165, 1.54) is 18.5 Å². The van der Waals surface area contributed by atoms with E-state index in [9.17, 15) is 5.11 Å². The molecule has 1 aromatic carbocycles. The summed E-state index contributed by atoms with van der Waals surface area (Å²) in [6, 6.07) is 6.20. The van der Waals surface area contributed by atoms with Gasteiger partial charge in [-0.25, -0.2) is 0 Å². The standard InChI is InChI=1S/C18H30BrNO/c1-13(2)8-10-20(11-9-14(3)4)18-7-6-16(15(5)21)12-17(18)19/h6-7,12-15,21H,8-11H2,1-5H3/t15-/m1/s1. The second-order valence-corrected chi connectivity index (χ2v) is 7.59. The van der Waals surface area contributed by atoms with Gasteiger partial charge in [-0.2, -0.15) is 0 Å². The van der Waals surface area contributed by atoms with Crippen molar-refractivity contribution in [1.82, 2.24) is 0 Å².